The average Bonchev–Trinajstić information content (AvgIpc) is 3.33. The molecule has 4 nitrogen and oxygen atoms in total. The first-order valence-electron chi connectivity index (χ1n) is 15.7. The summed E-state index contributed by atoms with van der Waals surface area (Å²) in [5, 5.41) is 6.61. The molecule has 2 atom stereocenters. The van der Waals surface area contributed by atoms with Gasteiger partial charge in [0.1, 0.15) is 5.82 Å². The Balaban J connectivity index is 1.48. The predicted octanol–water partition coefficient (Wildman–Crippen LogP) is 9.68. The second-order valence-corrected chi connectivity index (χ2v) is 12.9. The van der Waals surface area contributed by atoms with Gasteiger partial charge in [0.25, 0.3) is 0 Å². The van der Waals surface area contributed by atoms with Gasteiger partial charge in [-0.1, -0.05) is 98.8 Å². The molecule has 1 aliphatic rings. The Kier molecular flexibility index (Phi) is 6.28. The Morgan fingerprint density at radius 1 is 0.822 bits per heavy atom. The maximum atomic E-state index is 17.8. The minimum absolute atomic E-state index is 0.181. The molecule has 0 aliphatic heterocycles. The van der Waals surface area contributed by atoms with E-state index >= 15 is 4.39 Å². The SMILES string of the molecule is Cc1cccc(C)c1-n1nc(Cc2ccccc2)nc1-c1c(C2(C)C[C@@H]2C)cc2c(c1F)c1ccccc1n2-c1ccccc1. The first kappa shape index (κ1) is 27.5. The molecule has 2 heterocycles. The van der Waals surface area contributed by atoms with Crippen LogP contribution in [0.1, 0.15) is 48.3 Å². The molecule has 8 rings (SSSR count). The standard InChI is InChI=1S/C40H35FN4/c1-25-14-13-15-26(2)38(25)45-39(42-34(43-45)22-28-16-7-5-8-17-28)36-31(40(4)24-27(40)3)23-33-35(37(36)41)30-20-11-12-21-32(30)44(33)29-18-9-6-10-19-29/h5-21,23,27H,22,24H2,1-4H3/t27-,40?/m0/s1. The van der Waals surface area contributed by atoms with Crippen LogP contribution >= 0.6 is 0 Å². The van der Waals surface area contributed by atoms with Crippen LogP contribution in [0.15, 0.2) is 109 Å². The van der Waals surface area contributed by atoms with E-state index in [1.807, 2.05) is 59.3 Å². The third kappa shape index (κ3) is 4.33. The Labute approximate surface area is 262 Å². The second-order valence-electron chi connectivity index (χ2n) is 12.9. The normalized spacial score (nSPS) is 17.8. The van der Waals surface area contributed by atoms with Crippen molar-refractivity contribution in [1.82, 2.24) is 19.3 Å². The van der Waals surface area contributed by atoms with E-state index in [0.717, 1.165) is 56.5 Å². The Hall–Kier alpha value is -5.03. The third-order valence-electron chi connectivity index (χ3n) is 9.92. The van der Waals surface area contributed by atoms with E-state index in [0.29, 0.717) is 34.9 Å². The zero-order valence-electron chi connectivity index (χ0n) is 26.1. The molecule has 2 aromatic heterocycles. The molecule has 0 spiro atoms. The van der Waals surface area contributed by atoms with E-state index in [1.165, 1.54) is 0 Å². The average molecular weight is 591 g/mol. The lowest BCUT2D eigenvalue weighted by atomic mass is 9.88. The summed E-state index contributed by atoms with van der Waals surface area (Å²) in [5.74, 6) is 1.41. The van der Waals surface area contributed by atoms with Crippen LogP contribution in [0, 0.1) is 25.6 Å². The summed E-state index contributed by atoms with van der Waals surface area (Å²) in [6, 6.07) is 37.1. The highest BCUT2D eigenvalue weighted by atomic mass is 19.1. The van der Waals surface area contributed by atoms with Crippen molar-refractivity contribution in [3.05, 3.63) is 143 Å². The molecule has 1 aliphatic carbocycles. The number of halogens is 1. The van der Waals surface area contributed by atoms with Crippen molar-refractivity contribution in [2.45, 2.75) is 46.0 Å². The van der Waals surface area contributed by atoms with Crippen molar-refractivity contribution in [2.75, 3.05) is 0 Å². The first-order valence-corrected chi connectivity index (χ1v) is 15.7. The molecule has 222 valence electrons. The van der Waals surface area contributed by atoms with Crippen LogP contribution in [0.5, 0.6) is 0 Å². The maximum absolute atomic E-state index is 17.8. The lowest BCUT2D eigenvalue weighted by molar-refractivity contribution is 0.629. The van der Waals surface area contributed by atoms with Gasteiger partial charge in [-0.25, -0.2) is 14.1 Å². The van der Waals surface area contributed by atoms with Crippen LogP contribution in [-0.2, 0) is 11.8 Å². The number of rotatable bonds is 6. The summed E-state index contributed by atoms with van der Waals surface area (Å²) in [6.07, 6.45) is 1.55. The quantitative estimate of drug-likeness (QED) is 0.193. The van der Waals surface area contributed by atoms with Crippen molar-refractivity contribution >= 4 is 21.8 Å². The topological polar surface area (TPSA) is 35.6 Å². The van der Waals surface area contributed by atoms with E-state index in [2.05, 4.69) is 86.9 Å². The van der Waals surface area contributed by atoms with Gasteiger partial charge < -0.3 is 4.57 Å². The third-order valence-corrected chi connectivity index (χ3v) is 9.92. The van der Waals surface area contributed by atoms with Crippen LogP contribution in [0.4, 0.5) is 4.39 Å². The zero-order chi connectivity index (χ0) is 30.9. The predicted molar refractivity (Wildman–Crippen MR) is 181 cm³/mol. The van der Waals surface area contributed by atoms with Gasteiger partial charge >= 0.3 is 0 Å². The summed E-state index contributed by atoms with van der Waals surface area (Å²) in [4.78, 5) is 5.18. The molecule has 0 saturated heterocycles. The molecular formula is C40H35FN4. The van der Waals surface area contributed by atoms with Crippen molar-refractivity contribution < 1.29 is 4.39 Å². The Morgan fingerprint density at radius 3 is 2.16 bits per heavy atom. The lowest BCUT2D eigenvalue weighted by Gasteiger charge is -2.20. The summed E-state index contributed by atoms with van der Waals surface area (Å²) in [7, 11) is 0. The zero-order valence-corrected chi connectivity index (χ0v) is 26.1. The van der Waals surface area contributed by atoms with Crippen LogP contribution in [0.2, 0.25) is 0 Å². The Bertz CT molecular complexity index is 2210. The summed E-state index contributed by atoms with van der Waals surface area (Å²) in [6.45, 7) is 8.70. The largest absolute Gasteiger partial charge is 0.309 e. The number of hydrogen-bond donors (Lipinski definition) is 0. The van der Waals surface area contributed by atoms with Crippen molar-refractivity contribution in [1.29, 1.82) is 0 Å². The van der Waals surface area contributed by atoms with Gasteiger partial charge in [-0.15, -0.1) is 0 Å². The molecule has 5 aromatic carbocycles. The van der Waals surface area contributed by atoms with E-state index in [1.54, 1.807) is 0 Å². The van der Waals surface area contributed by atoms with Gasteiger partial charge in [0, 0.05) is 22.9 Å². The van der Waals surface area contributed by atoms with Gasteiger partial charge in [0.2, 0.25) is 0 Å². The summed E-state index contributed by atoms with van der Waals surface area (Å²) in [5.41, 5.74) is 8.45. The van der Waals surface area contributed by atoms with Crippen molar-refractivity contribution in [3.8, 4) is 22.8 Å². The molecule has 1 fully saturated rings. The summed E-state index contributed by atoms with van der Waals surface area (Å²) >= 11 is 0. The molecule has 0 N–H and O–H groups in total. The number of para-hydroxylation sites is 3. The smallest absolute Gasteiger partial charge is 0.166 e. The minimum atomic E-state index is -0.236. The molecule has 0 bridgehead atoms. The van der Waals surface area contributed by atoms with Crippen LogP contribution in [0.25, 0.3) is 44.6 Å². The number of fused-ring (bicyclic) bond motifs is 3. The highest BCUT2D eigenvalue weighted by molar-refractivity contribution is 6.11. The highest BCUT2D eigenvalue weighted by Crippen LogP contribution is 2.57. The molecule has 0 amide bonds. The fraction of sp³-hybridized carbons (Fsp3) is 0.200. The first-order chi connectivity index (χ1) is 21.8. The lowest BCUT2D eigenvalue weighted by Crippen LogP contribution is -2.12. The van der Waals surface area contributed by atoms with Gasteiger partial charge in [-0.2, -0.15) is 5.10 Å². The molecule has 7 aromatic rings. The number of nitrogens with zero attached hydrogens (tertiary/aromatic N) is 4. The molecule has 45 heavy (non-hydrogen) atoms. The van der Waals surface area contributed by atoms with E-state index in [9.17, 15) is 0 Å². The van der Waals surface area contributed by atoms with Gasteiger partial charge in [-0.3, -0.25) is 0 Å². The monoisotopic (exact) mass is 590 g/mol. The van der Waals surface area contributed by atoms with Crippen LogP contribution in [0.3, 0.4) is 0 Å². The fourth-order valence-corrected chi connectivity index (χ4v) is 7.22. The Morgan fingerprint density at radius 2 is 1.47 bits per heavy atom. The molecule has 0 radical (unpaired) electrons. The highest BCUT2D eigenvalue weighted by Gasteiger charge is 2.50. The van der Waals surface area contributed by atoms with Gasteiger partial charge in [-0.05, 0) is 78.1 Å². The maximum Gasteiger partial charge on any atom is 0.166 e. The number of benzene rings is 5. The fourth-order valence-electron chi connectivity index (χ4n) is 7.22. The molecular weight excluding hydrogens is 555 g/mol. The second kappa shape index (κ2) is 10.3. The molecule has 5 heteroatoms. The number of hydrogen-bond acceptors (Lipinski definition) is 2. The number of aromatic nitrogens is 4. The van der Waals surface area contributed by atoms with Gasteiger partial charge in [0.05, 0.1) is 22.3 Å². The summed E-state index contributed by atoms with van der Waals surface area (Å²) < 4.78 is 21.9. The van der Waals surface area contributed by atoms with Crippen LogP contribution in [-0.4, -0.2) is 19.3 Å². The molecule has 1 saturated carbocycles. The van der Waals surface area contributed by atoms with E-state index < -0.39 is 0 Å². The van der Waals surface area contributed by atoms with Crippen LogP contribution < -0.4 is 0 Å². The van der Waals surface area contributed by atoms with Crippen molar-refractivity contribution in [2.24, 2.45) is 5.92 Å². The molecule has 1 unspecified atom stereocenters. The van der Waals surface area contributed by atoms with Gasteiger partial charge in [0.15, 0.2) is 11.6 Å². The number of aryl methyl sites for hydroxylation is 2. The van der Waals surface area contributed by atoms with Crippen molar-refractivity contribution in [3.63, 3.8) is 0 Å². The minimum Gasteiger partial charge on any atom is -0.309 e. The van der Waals surface area contributed by atoms with E-state index in [-0.39, 0.29) is 11.2 Å². The van der Waals surface area contributed by atoms with E-state index in [4.69, 9.17) is 10.1 Å².